The molecular formula is C22H27Cl2N3O2S. The van der Waals surface area contributed by atoms with E-state index in [1.165, 1.54) is 10.4 Å². The van der Waals surface area contributed by atoms with E-state index in [0.717, 1.165) is 44.5 Å². The van der Waals surface area contributed by atoms with Gasteiger partial charge in [0.2, 0.25) is 0 Å². The summed E-state index contributed by atoms with van der Waals surface area (Å²) in [5.74, 6) is 0.171. The van der Waals surface area contributed by atoms with Crippen LogP contribution in [0, 0.1) is 5.92 Å². The monoisotopic (exact) mass is 467 g/mol. The van der Waals surface area contributed by atoms with Crippen LogP contribution in [0.2, 0.25) is 10.0 Å². The Morgan fingerprint density at radius 2 is 2.17 bits per heavy atom. The van der Waals surface area contributed by atoms with Crippen molar-refractivity contribution in [2.24, 2.45) is 5.92 Å². The van der Waals surface area contributed by atoms with Crippen LogP contribution >= 0.6 is 34.5 Å². The molecule has 2 aliphatic heterocycles. The summed E-state index contributed by atoms with van der Waals surface area (Å²) in [6.07, 6.45) is 2.91. The van der Waals surface area contributed by atoms with E-state index in [2.05, 4.69) is 21.7 Å². The zero-order chi connectivity index (χ0) is 21.1. The largest absolute Gasteiger partial charge is 0.396 e. The van der Waals surface area contributed by atoms with Crippen molar-refractivity contribution in [3.05, 3.63) is 55.7 Å². The summed E-state index contributed by atoms with van der Waals surface area (Å²) in [4.78, 5) is 18.5. The Labute approximate surface area is 191 Å². The van der Waals surface area contributed by atoms with Crippen molar-refractivity contribution in [2.75, 3.05) is 32.8 Å². The van der Waals surface area contributed by atoms with Gasteiger partial charge in [0, 0.05) is 54.3 Å². The molecule has 0 aliphatic carbocycles. The van der Waals surface area contributed by atoms with Crippen LogP contribution < -0.4 is 5.32 Å². The summed E-state index contributed by atoms with van der Waals surface area (Å²) in [6.45, 7) is 3.70. The number of fused-ring (bicyclic) bond motifs is 1. The van der Waals surface area contributed by atoms with Crippen LogP contribution in [0.5, 0.6) is 0 Å². The lowest BCUT2D eigenvalue weighted by atomic mass is 9.99. The van der Waals surface area contributed by atoms with Crippen molar-refractivity contribution in [2.45, 2.75) is 31.8 Å². The van der Waals surface area contributed by atoms with Gasteiger partial charge in [-0.05, 0) is 59.9 Å². The molecule has 1 aromatic carbocycles. The first-order valence-corrected chi connectivity index (χ1v) is 12.1. The SMILES string of the molecule is O=C(NC[C@H](c1ccc(Cl)cc1Cl)N1CCc2sccc2C1)N1CCC[C@@H](CO)C1. The third kappa shape index (κ3) is 4.94. The van der Waals surface area contributed by atoms with Crippen molar-refractivity contribution in [1.82, 2.24) is 15.1 Å². The van der Waals surface area contributed by atoms with Crippen LogP contribution in [0.25, 0.3) is 0 Å². The van der Waals surface area contributed by atoms with Crippen molar-refractivity contribution >= 4 is 40.6 Å². The number of nitrogens with zero attached hydrogens (tertiary/aromatic N) is 2. The third-order valence-corrected chi connectivity index (χ3v) is 7.70. The Hall–Kier alpha value is -1.31. The Morgan fingerprint density at radius 1 is 1.30 bits per heavy atom. The van der Waals surface area contributed by atoms with Crippen LogP contribution in [0.4, 0.5) is 4.79 Å². The van der Waals surface area contributed by atoms with Crippen LogP contribution in [0.3, 0.4) is 0 Å². The maximum absolute atomic E-state index is 12.8. The smallest absolute Gasteiger partial charge is 0.317 e. The maximum Gasteiger partial charge on any atom is 0.317 e. The average molecular weight is 468 g/mol. The summed E-state index contributed by atoms with van der Waals surface area (Å²) < 4.78 is 0. The van der Waals surface area contributed by atoms with Gasteiger partial charge in [0.05, 0.1) is 6.04 Å². The number of likely N-dealkylation sites (tertiary alicyclic amines) is 1. The highest BCUT2D eigenvalue weighted by molar-refractivity contribution is 7.10. The van der Waals surface area contributed by atoms with Gasteiger partial charge in [-0.25, -0.2) is 4.79 Å². The summed E-state index contributed by atoms with van der Waals surface area (Å²) in [5.41, 5.74) is 2.33. The number of amides is 2. The summed E-state index contributed by atoms with van der Waals surface area (Å²) >= 11 is 14.5. The fourth-order valence-corrected chi connectivity index (χ4v) is 5.86. The number of benzene rings is 1. The van der Waals surface area contributed by atoms with E-state index in [9.17, 15) is 9.90 Å². The van der Waals surface area contributed by atoms with Gasteiger partial charge in [0.25, 0.3) is 0 Å². The Balaban J connectivity index is 1.50. The number of aliphatic hydroxyl groups is 1. The summed E-state index contributed by atoms with van der Waals surface area (Å²) in [5, 5.41) is 16.0. The molecule has 1 saturated heterocycles. The Bertz CT molecular complexity index is 891. The molecule has 1 fully saturated rings. The number of nitrogens with one attached hydrogen (secondary N) is 1. The van der Waals surface area contributed by atoms with Crippen LogP contribution in [0.15, 0.2) is 29.6 Å². The molecule has 0 saturated carbocycles. The summed E-state index contributed by atoms with van der Waals surface area (Å²) in [6, 6.07) is 7.67. The molecule has 8 heteroatoms. The highest BCUT2D eigenvalue weighted by Crippen LogP contribution is 2.34. The summed E-state index contributed by atoms with van der Waals surface area (Å²) in [7, 11) is 0. The normalized spacial score (nSPS) is 20.6. The number of carbonyl (C=O) groups is 1. The molecule has 0 bridgehead atoms. The van der Waals surface area contributed by atoms with E-state index < -0.39 is 0 Å². The van der Waals surface area contributed by atoms with Gasteiger partial charge in [-0.1, -0.05) is 29.3 Å². The first-order chi connectivity index (χ1) is 14.5. The van der Waals surface area contributed by atoms with Crippen LogP contribution in [-0.2, 0) is 13.0 Å². The number of urea groups is 1. The Kier molecular flexibility index (Phi) is 7.21. The van der Waals surface area contributed by atoms with Gasteiger partial charge >= 0.3 is 6.03 Å². The molecule has 3 heterocycles. The number of halogens is 2. The minimum Gasteiger partial charge on any atom is -0.396 e. The number of hydrogen-bond acceptors (Lipinski definition) is 4. The number of carbonyl (C=O) groups excluding carboxylic acids is 1. The quantitative estimate of drug-likeness (QED) is 0.676. The zero-order valence-electron chi connectivity index (χ0n) is 16.8. The molecule has 2 aromatic rings. The van der Waals surface area contributed by atoms with E-state index in [0.29, 0.717) is 23.1 Å². The molecule has 2 aliphatic rings. The van der Waals surface area contributed by atoms with Gasteiger partial charge in [-0.15, -0.1) is 11.3 Å². The molecule has 0 spiro atoms. The van der Waals surface area contributed by atoms with Gasteiger partial charge in [0.15, 0.2) is 0 Å². The van der Waals surface area contributed by atoms with Crippen molar-refractivity contribution in [1.29, 1.82) is 0 Å². The first kappa shape index (κ1) is 21.9. The molecule has 2 N–H and O–H groups in total. The van der Waals surface area contributed by atoms with Crippen molar-refractivity contribution in [3.63, 3.8) is 0 Å². The molecule has 2 amide bonds. The van der Waals surface area contributed by atoms with Crippen molar-refractivity contribution < 1.29 is 9.90 Å². The maximum atomic E-state index is 12.8. The Morgan fingerprint density at radius 3 is 2.97 bits per heavy atom. The third-order valence-electron chi connectivity index (χ3n) is 6.11. The lowest BCUT2D eigenvalue weighted by Crippen LogP contribution is -2.48. The average Bonchev–Trinajstić information content (AvgIpc) is 3.23. The molecule has 2 atom stereocenters. The van der Waals surface area contributed by atoms with Crippen LogP contribution in [0.1, 0.15) is 34.9 Å². The zero-order valence-corrected chi connectivity index (χ0v) is 19.1. The second-order valence-electron chi connectivity index (χ2n) is 8.09. The standard InChI is InChI=1S/C22H27Cl2N3O2S/c23-17-3-4-18(19(24)10-17)20(26-8-5-21-16(13-26)6-9-30-21)11-25-22(29)27-7-1-2-15(12-27)14-28/h3-4,6,9-10,15,20,28H,1-2,5,7-8,11-14H2,(H,25,29)/t15-,20-/m1/s1. The highest BCUT2D eigenvalue weighted by atomic mass is 35.5. The van der Waals surface area contributed by atoms with E-state index >= 15 is 0 Å². The molecular weight excluding hydrogens is 441 g/mol. The fraction of sp³-hybridized carbons (Fsp3) is 0.500. The van der Waals surface area contributed by atoms with Gasteiger partial charge < -0.3 is 15.3 Å². The molecule has 162 valence electrons. The number of aliphatic hydroxyl groups excluding tert-OH is 1. The predicted molar refractivity (Wildman–Crippen MR) is 122 cm³/mol. The van der Waals surface area contributed by atoms with E-state index in [4.69, 9.17) is 23.2 Å². The highest BCUT2D eigenvalue weighted by Gasteiger charge is 2.29. The number of thiophene rings is 1. The number of rotatable bonds is 5. The fourth-order valence-electron chi connectivity index (χ4n) is 4.44. The van der Waals surface area contributed by atoms with Gasteiger partial charge in [0.1, 0.15) is 0 Å². The van der Waals surface area contributed by atoms with E-state index in [1.807, 2.05) is 28.4 Å². The van der Waals surface area contributed by atoms with Gasteiger partial charge in [-0.2, -0.15) is 0 Å². The number of piperidine rings is 1. The lowest BCUT2D eigenvalue weighted by Gasteiger charge is -2.37. The lowest BCUT2D eigenvalue weighted by molar-refractivity contribution is 0.125. The number of hydrogen-bond donors (Lipinski definition) is 2. The molecule has 30 heavy (non-hydrogen) atoms. The second kappa shape index (κ2) is 9.88. The minimum absolute atomic E-state index is 0.0369. The van der Waals surface area contributed by atoms with E-state index in [1.54, 1.807) is 6.07 Å². The van der Waals surface area contributed by atoms with Crippen LogP contribution in [-0.4, -0.2) is 53.7 Å². The second-order valence-corrected chi connectivity index (χ2v) is 9.94. The van der Waals surface area contributed by atoms with E-state index in [-0.39, 0.29) is 24.6 Å². The molecule has 5 nitrogen and oxygen atoms in total. The molecule has 0 unspecified atom stereocenters. The minimum atomic E-state index is -0.0727. The predicted octanol–water partition coefficient (Wildman–Crippen LogP) is 4.57. The molecule has 4 rings (SSSR count). The first-order valence-electron chi connectivity index (χ1n) is 10.4. The molecule has 0 radical (unpaired) electrons. The van der Waals surface area contributed by atoms with Gasteiger partial charge in [-0.3, -0.25) is 4.90 Å². The van der Waals surface area contributed by atoms with Crippen molar-refractivity contribution in [3.8, 4) is 0 Å². The molecule has 1 aromatic heterocycles. The topological polar surface area (TPSA) is 55.8 Å².